The third-order valence-corrected chi connectivity index (χ3v) is 6.65. The summed E-state index contributed by atoms with van der Waals surface area (Å²) in [4.78, 5) is 16.5. The Morgan fingerprint density at radius 2 is 1.83 bits per heavy atom. The van der Waals surface area contributed by atoms with Gasteiger partial charge in [-0.3, -0.25) is 4.99 Å². The fourth-order valence-electron chi connectivity index (χ4n) is 3.04. The van der Waals surface area contributed by atoms with Crippen LogP contribution in [0.4, 0.5) is 13.2 Å². The summed E-state index contributed by atoms with van der Waals surface area (Å²) >= 11 is 0. The van der Waals surface area contributed by atoms with Gasteiger partial charge in [0.1, 0.15) is 22.4 Å². The number of rotatable bonds is 7. The van der Waals surface area contributed by atoms with Gasteiger partial charge in [-0.05, 0) is 44.5 Å². The minimum absolute atomic E-state index is 0.00620. The number of allylic oxidation sites excluding steroid dienone is 2. The Labute approximate surface area is 210 Å². The molecular formula is C23H36F3N5O4S. The minimum atomic E-state index is -4.16. The average molecular weight is 536 g/mol. The van der Waals surface area contributed by atoms with E-state index in [1.54, 1.807) is 22.8 Å². The second-order valence-electron chi connectivity index (χ2n) is 7.50. The van der Waals surface area contributed by atoms with E-state index in [-0.39, 0.29) is 30.1 Å². The van der Waals surface area contributed by atoms with Crippen molar-refractivity contribution in [3.63, 3.8) is 0 Å². The first-order valence-corrected chi connectivity index (χ1v) is 13.2. The zero-order valence-electron chi connectivity index (χ0n) is 21.2. The highest BCUT2D eigenvalue weighted by atomic mass is 32.2. The van der Waals surface area contributed by atoms with Crippen LogP contribution < -0.4 is 10.5 Å². The van der Waals surface area contributed by atoms with E-state index in [0.29, 0.717) is 30.1 Å². The van der Waals surface area contributed by atoms with Crippen LogP contribution in [0.1, 0.15) is 52.3 Å². The fraction of sp³-hybridized carbons (Fsp3) is 0.565. The molecule has 1 aliphatic rings. The number of ether oxygens (including phenoxy) is 1. The number of hydrogen-bond donors (Lipinski definition) is 1. The van der Waals surface area contributed by atoms with E-state index >= 15 is 0 Å². The van der Waals surface area contributed by atoms with E-state index in [9.17, 15) is 21.6 Å². The number of sulfone groups is 1. The third kappa shape index (κ3) is 11.3. The molecule has 9 nitrogen and oxygen atoms in total. The van der Waals surface area contributed by atoms with E-state index < -0.39 is 22.4 Å². The Hall–Kier alpha value is -2.80. The van der Waals surface area contributed by atoms with Crippen molar-refractivity contribution in [3.05, 3.63) is 36.3 Å². The van der Waals surface area contributed by atoms with Crippen LogP contribution in [0, 0.1) is 0 Å². The molecule has 1 saturated heterocycles. The molecule has 0 amide bonds. The van der Waals surface area contributed by atoms with Crippen molar-refractivity contribution in [3.8, 4) is 5.75 Å². The number of fused-ring (bicyclic) bond motifs is 1. The van der Waals surface area contributed by atoms with E-state index in [1.165, 1.54) is 25.4 Å². The molecular weight excluding hydrogens is 499 g/mol. The highest BCUT2D eigenvalue weighted by Crippen LogP contribution is 2.34. The van der Waals surface area contributed by atoms with E-state index in [4.69, 9.17) is 9.53 Å². The summed E-state index contributed by atoms with van der Waals surface area (Å²) < 4.78 is 66.5. The molecule has 0 saturated carbocycles. The van der Waals surface area contributed by atoms with Crippen LogP contribution in [-0.4, -0.2) is 67.5 Å². The standard InChI is InChI=1S/C19H23F3N4O3S.C2H6.CH5N.CH2O/c1-18(8-11-30(27,28)12-9-18)17-24-16-6-5-15(13-26(16)25-17)29-14-23-10-4-2-3-7-19(20,21)22;3*1-2/h2,4-6,10,13H,3,7-9,11-12,14H2,1H3;1-2H3;2H2,1H3;1H2/b4-2-,23-10-;;;. The molecule has 0 bridgehead atoms. The number of hydrogen-bond acceptors (Lipinski definition) is 8. The van der Waals surface area contributed by atoms with Crippen LogP contribution in [0.3, 0.4) is 0 Å². The zero-order valence-corrected chi connectivity index (χ0v) is 22.0. The minimum Gasteiger partial charge on any atom is -0.470 e. The number of nitrogens with zero attached hydrogens (tertiary/aromatic N) is 4. The predicted molar refractivity (Wildman–Crippen MR) is 135 cm³/mol. The fourth-order valence-corrected chi connectivity index (χ4v) is 4.76. The first kappa shape index (κ1) is 33.2. The summed E-state index contributed by atoms with van der Waals surface area (Å²) in [6, 6.07) is 3.46. The summed E-state index contributed by atoms with van der Waals surface area (Å²) in [5.74, 6) is 1.39. The molecule has 3 heterocycles. The van der Waals surface area contributed by atoms with Crippen molar-refractivity contribution in [1.29, 1.82) is 0 Å². The molecule has 204 valence electrons. The van der Waals surface area contributed by atoms with Crippen molar-refractivity contribution in [2.75, 3.05) is 25.3 Å². The van der Waals surface area contributed by atoms with Crippen molar-refractivity contribution >= 4 is 28.5 Å². The molecule has 36 heavy (non-hydrogen) atoms. The van der Waals surface area contributed by atoms with Crippen LogP contribution in [0.2, 0.25) is 0 Å². The van der Waals surface area contributed by atoms with Gasteiger partial charge in [0.05, 0.1) is 17.7 Å². The maximum atomic E-state index is 12.0. The lowest BCUT2D eigenvalue weighted by molar-refractivity contribution is -0.133. The second-order valence-corrected chi connectivity index (χ2v) is 9.81. The van der Waals surface area contributed by atoms with Crippen LogP contribution in [0.25, 0.3) is 5.65 Å². The van der Waals surface area contributed by atoms with E-state index in [0.717, 1.165) is 0 Å². The van der Waals surface area contributed by atoms with Gasteiger partial charge in [-0.25, -0.2) is 17.9 Å². The molecule has 1 fully saturated rings. The lowest BCUT2D eigenvalue weighted by atomic mass is 9.83. The molecule has 0 aromatic carbocycles. The van der Waals surface area contributed by atoms with Crippen LogP contribution in [0.15, 0.2) is 35.5 Å². The highest BCUT2D eigenvalue weighted by molar-refractivity contribution is 7.91. The van der Waals surface area contributed by atoms with Gasteiger partial charge in [-0.2, -0.15) is 18.3 Å². The van der Waals surface area contributed by atoms with Gasteiger partial charge >= 0.3 is 6.18 Å². The zero-order chi connectivity index (χ0) is 27.8. The lowest BCUT2D eigenvalue weighted by Gasteiger charge is -2.30. The molecule has 2 N–H and O–H groups in total. The molecule has 13 heteroatoms. The van der Waals surface area contributed by atoms with Gasteiger partial charge in [0.25, 0.3) is 0 Å². The lowest BCUT2D eigenvalue weighted by Crippen LogP contribution is -2.35. The van der Waals surface area contributed by atoms with Crippen molar-refractivity contribution < 1.29 is 31.1 Å². The molecule has 0 aliphatic carbocycles. The van der Waals surface area contributed by atoms with Gasteiger partial charge < -0.3 is 15.3 Å². The van der Waals surface area contributed by atoms with E-state index in [2.05, 4.69) is 20.8 Å². The van der Waals surface area contributed by atoms with Crippen LogP contribution >= 0.6 is 0 Å². The predicted octanol–water partition coefficient (Wildman–Crippen LogP) is 3.92. The largest absolute Gasteiger partial charge is 0.470 e. The Bertz CT molecular complexity index is 1060. The van der Waals surface area contributed by atoms with Crippen molar-refractivity contribution in [2.45, 2.75) is 58.0 Å². The average Bonchev–Trinajstić information content (AvgIpc) is 3.30. The SMILES string of the molecule is C=O.CC.CC1(c2nc3ccc(OC/N=C\C=C/CCC(F)(F)F)cn3n2)CCS(=O)(=O)CC1.CN. The number of carbonyl (C=O) groups is 1. The van der Waals surface area contributed by atoms with Gasteiger partial charge in [-0.1, -0.05) is 26.8 Å². The maximum Gasteiger partial charge on any atom is 0.389 e. The van der Waals surface area contributed by atoms with Crippen LogP contribution in [0.5, 0.6) is 5.75 Å². The first-order chi connectivity index (χ1) is 17.1. The summed E-state index contributed by atoms with van der Waals surface area (Å²) in [5, 5.41) is 4.50. The number of pyridine rings is 1. The Kier molecular flexibility index (Phi) is 14.8. The van der Waals surface area contributed by atoms with Gasteiger partial charge in [-0.15, -0.1) is 0 Å². The Morgan fingerprint density at radius 3 is 2.42 bits per heavy atom. The first-order valence-electron chi connectivity index (χ1n) is 11.3. The second kappa shape index (κ2) is 16.0. The Morgan fingerprint density at radius 1 is 1.22 bits per heavy atom. The number of aliphatic imine (C=N–C) groups is 1. The normalized spacial score (nSPS) is 16.3. The number of halogens is 3. The molecule has 0 radical (unpaired) electrons. The topological polar surface area (TPSA) is 129 Å². The third-order valence-electron chi connectivity index (χ3n) is 5.00. The number of nitrogens with two attached hydrogens (primary N) is 1. The van der Waals surface area contributed by atoms with Gasteiger partial charge in [0.2, 0.25) is 0 Å². The number of carbonyl (C=O) groups excluding carboxylic acids is 1. The summed E-state index contributed by atoms with van der Waals surface area (Å²) in [6.07, 6.45) is 1.77. The summed E-state index contributed by atoms with van der Waals surface area (Å²) in [7, 11) is -1.48. The monoisotopic (exact) mass is 535 g/mol. The van der Waals surface area contributed by atoms with Gasteiger partial charge in [0, 0.05) is 18.1 Å². The number of alkyl halides is 3. The molecule has 3 rings (SSSR count). The molecule has 1 aliphatic heterocycles. The van der Waals surface area contributed by atoms with Crippen molar-refractivity contribution in [2.24, 2.45) is 10.7 Å². The van der Waals surface area contributed by atoms with Crippen LogP contribution in [-0.2, 0) is 20.0 Å². The molecule has 0 atom stereocenters. The quantitative estimate of drug-likeness (QED) is 0.532. The maximum absolute atomic E-state index is 12.0. The molecule has 2 aromatic rings. The summed E-state index contributed by atoms with van der Waals surface area (Å²) in [6.45, 7) is 7.98. The van der Waals surface area contributed by atoms with Gasteiger partial charge in [0.15, 0.2) is 18.2 Å². The smallest absolute Gasteiger partial charge is 0.389 e. The molecule has 0 spiro atoms. The molecule has 2 aromatic heterocycles. The Balaban J connectivity index is 0.00000190. The van der Waals surface area contributed by atoms with Crippen molar-refractivity contribution in [1.82, 2.24) is 14.6 Å². The molecule has 0 unspecified atom stereocenters. The van der Waals surface area contributed by atoms with E-state index in [1.807, 2.05) is 27.6 Å². The number of aromatic nitrogens is 3. The summed E-state index contributed by atoms with van der Waals surface area (Å²) in [5.41, 5.74) is 4.74. The highest BCUT2D eigenvalue weighted by Gasteiger charge is 2.37.